The lowest BCUT2D eigenvalue weighted by Crippen LogP contribution is -2.41. The number of unbranched alkanes of at least 4 members (excludes halogenated alkanes) is 22. The van der Waals surface area contributed by atoms with E-state index in [4.69, 9.17) is 14.2 Å². The number of carbonyl (C=O) groups is 2. The lowest BCUT2D eigenvalue weighted by atomic mass is 9.88. The van der Waals surface area contributed by atoms with Crippen molar-refractivity contribution in [3.8, 4) is 0 Å². The number of rotatable bonds is 33. The van der Waals surface area contributed by atoms with Gasteiger partial charge in [0.15, 0.2) is 0 Å². The maximum absolute atomic E-state index is 13.4. The lowest BCUT2D eigenvalue weighted by molar-refractivity contribution is -0.0170. The summed E-state index contributed by atoms with van der Waals surface area (Å²) in [6, 6.07) is 8.00. The highest BCUT2D eigenvalue weighted by molar-refractivity contribution is 5.94. The molecule has 0 aliphatic carbocycles. The Balaban J connectivity index is 1.73. The van der Waals surface area contributed by atoms with E-state index in [2.05, 4.69) is 25.2 Å². The fourth-order valence-electron chi connectivity index (χ4n) is 7.58. The molecular formula is C48H86N2O5. The standard InChI is InChI=1S/C48H86N2O5/c1-6-8-10-12-14-16-18-20-22-24-26-28-37-53-41-45(54-38-29-27-25-23-21-19-17-15-13-11-9-7-2)40-49-46(51)44-32-30-31-43(39-44)42-33-35-50(36-34-42)47(52)55-48(3,4)5/h30-32,39,42,45H,6-29,33-38,40-41H2,1-5H3,(H,49,51)/t45-/m0/s1. The predicted octanol–water partition coefficient (Wildman–Crippen LogP) is 13.3. The third kappa shape index (κ3) is 25.7. The minimum absolute atomic E-state index is 0.0760. The summed E-state index contributed by atoms with van der Waals surface area (Å²) in [4.78, 5) is 27.7. The Morgan fingerprint density at radius 1 is 0.691 bits per heavy atom. The van der Waals surface area contributed by atoms with E-state index in [-0.39, 0.29) is 18.1 Å². The Bertz CT molecular complexity index is 1080. The van der Waals surface area contributed by atoms with Crippen LogP contribution in [-0.2, 0) is 14.2 Å². The van der Waals surface area contributed by atoms with Gasteiger partial charge in [-0.2, -0.15) is 0 Å². The number of likely N-dealkylation sites (tertiary alicyclic amines) is 1. The molecule has 1 saturated heterocycles. The average molecular weight is 771 g/mol. The van der Waals surface area contributed by atoms with Crippen LogP contribution in [0.4, 0.5) is 4.79 Å². The first-order valence-electron chi connectivity index (χ1n) is 23.3. The maximum atomic E-state index is 13.4. The zero-order valence-corrected chi connectivity index (χ0v) is 36.6. The lowest BCUT2D eigenvalue weighted by Gasteiger charge is -2.33. The molecule has 1 aliphatic rings. The second kappa shape index (κ2) is 31.9. The molecule has 1 fully saturated rings. The van der Waals surface area contributed by atoms with Crippen molar-refractivity contribution < 1.29 is 23.8 Å². The van der Waals surface area contributed by atoms with Gasteiger partial charge >= 0.3 is 6.09 Å². The van der Waals surface area contributed by atoms with Gasteiger partial charge in [-0.1, -0.05) is 167 Å². The molecule has 0 aromatic heterocycles. The summed E-state index contributed by atoms with van der Waals surface area (Å²) in [5.74, 6) is 0.236. The van der Waals surface area contributed by atoms with Gasteiger partial charge < -0.3 is 24.4 Å². The molecule has 0 radical (unpaired) electrons. The number of ether oxygens (including phenoxy) is 3. The zero-order valence-electron chi connectivity index (χ0n) is 36.6. The van der Waals surface area contributed by atoms with Crippen molar-refractivity contribution in [3.05, 3.63) is 35.4 Å². The van der Waals surface area contributed by atoms with Crippen molar-refractivity contribution in [1.29, 1.82) is 0 Å². The summed E-state index contributed by atoms with van der Waals surface area (Å²) < 4.78 is 18.0. The highest BCUT2D eigenvalue weighted by Gasteiger charge is 2.28. The third-order valence-corrected chi connectivity index (χ3v) is 11.1. The van der Waals surface area contributed by atoms with Crippen LogP contribution in [0, 0.1) is 0 Å². The fraction of sp³-hybridized carbons (Fsp3) is 0.833. The molecule has 1 heterocycles. The molecule has 7 nitrogen and oxygen atoms in total. The van der Waals surface area contributed by atoms with Crippen LogP contribution in [0.2, 0.25) is 0 Å². The number of nitrogens with one attached hydrogen (secondary N) is 1. The number of hydrogen-bond acceptors (Lipinski definition) is 5. The van der Waals surface area contributed by atoms with Crippen LogP contribution in [0.5, 0.6) is 0 Å². The molecule has 2 rings (SSSR count). The Morgan fingerprint density at radius 2 is 1.16 bits per heavy atom. The van der Waals surface area contributed by atoms with E-state index >= 15 is 0 Å². The van der Waals surface area contributed by atoms with Crippen LogP contribution >= 0.6 is 0 Å². The minimum atomic E-state index is -0.496. The summed E-state index contributed by atoms with van der Waals surface area (Å²) in [6.45, 7) is 14.0. The van der Waals surface area contributed by atoms with Crippen LogP contribution in [0.15, 0.2) is 24.3 Å². The Kier molecular flexibility index (Phi) is 28.4. The first-order valence-corrected chi connectivity index (χ1v) is 23.3. The Hall–Kier alpha value is -2.12. The molecule has 0 saturated carbocycles. The van der Waals surface area contributed by atoms with Crippen LogP contribution in [-0.4, -0.2) is 68.1 Å². The Morgan fingerprint density at radius 3 is 1.65 bits per heavy atom. The molecule has 0 unspecified atom stereocenters. The van der Waals surface area contributed by atoms with E-state index in [9.17, 15) is 9.59 Å². The van der Waals surface area contributed by atoms with Crippen LogP contribution in [0.3, 0.4) is 0 Å². The van der Waals surface area contributed by atoms with E-state index in [1.807, 2.05) is 39.0 Å². The van der Waals surface area contributed by atoms with Gasteiger partial charge in [-0.3, -0.25) is 4.79 Å². The molecule has 55 heavy (non-hydrogen) atoms. The SMILES string of the molecule is CCCCCCCCCCCCCCOC[C@H](CNC(=O)c1cccc(C2CCN(C(=O)OC(C)(C)C)CC2)c1)OCCCCCCCCCCCCCC. The van der Waals surface area contributed by atoms with E-state index in [0.717, 1.165) is 37.9 Å². The number of amides is 2. The fourth-order valence-corrected chi connectivity index (χ4v) is 7.58. The number of hydrogen-bond donors (Lipinski definition) is 1. The highest BCUT2D eigenvalue weighted by Crippen LogP contribution is 2.29. The third-order valence-electron chi connectivity index (χ3n) is 11.1. The number of carbonyl (C=O) groups excluding carboxylic acids is 2. The van der Waals surface area contributed by atoms with Crippen molar-refractivity contribution in [2.45, 2.75) is 219 Å². The second-order valence-corrected chi connectivity index (χ2v) is 17.4. The molecule has 2 amide bonds. The topological polar surface area (TPSA) is 77.1 Å². The summed E-state index contributed by atoms with van der Waals surface area (Å²) in [7, 11) is 0. The van der Waals surface area contributed by atoms with Gasteiger partial charge in [-0.25, -0.2) is 4.79 Å². The van der Waals surface area contributed by atoms with Crippen LogP contribution < -0.4 is 5.32 Å². The number of piperidine rings is 1. The smallest absolute Gasteiger partial charge is 0.410 e. The van der Waals surface area contributed by atoms with Crippen molar-refractivity contribution >= 4 is 12.0 Å². The molecule has 1 aromatic rings. The molecule has 1 atom stereocenters. The van der Waals surface area contributed by atoms with Gasteiger partial charge in [-0.05, 0) is 70.1 Å². The molecule has 1 aromatic carbocycles. The normalized spacial score (nSPS) is 14.3. The summed E-state index contributed by atoms with van der Waals surface area (Å²) in [5, 5.41) is 3.16. The quantitative estimate of drug-likeness (QED) is 0.0720. The molecule has 0 bridgehead atoms. The van der Waals surface area contributed by atoms with Gasteiger partial charge in [0.25, 0.3) is 5.91 Å². The summed E-state index contributed by atoms with van der Waals surface area (Å²) in [6.07, 6.45) is 33.1. The summed E-state index contributed by atoms with van der Waals surface area (Å²) >= 11 is 0. The van der Waals surface area contributed by atoms with E-state index < -0.39 is 5.60 Å². The van der Waals surface area contributed by atoms with E-state index in [1.54, 1.807) is 4.90 Å². The van der Waals surface area contributed by atoms with Crippen LogP contribution in [0.25, 0.3) is 0 Å². The molecule has 1 aliphatic heterocycles. The monoisotopic (exact) mass is 771 g/mol. The first-order chi connectivity index (χ1) is 26.7. The van der Waals surface area contributed by atoms with Crippen molar-refractivity contribution in [2.75, 3.05) is 39.5 Å². The van der Waals surface area contributed by atoms with Gasteiger partial charge in [0.1, 0.15) is 5.60 Å². The first kappa shape index (κ1) is 49.0. The molecule has 1 N–H and O–H groups in total. The largest absolute Gasteiger partial charge is 0.444 e. The minimum Gasteiger partial charge on any atom is -0.444 e. The number of benzene rings is 1. The van der Waals surface area contributed by atoms with Gasteiger partial charge in [-0.15, -0.1) is 0 Å². The van der Waals surface area contributed by atoms with Crippen molar-refractivity contribution in [3.63, 3.8) is 0 Å². The van der Waals surface area contributed by atoms with Gasteiger partial charge in [0.2, 0.25) is 0 Å². The summed E-state index contributed by atoms with van der Waals surface area (Å²) in [5.41, 5.74) is 1.33. The van der Waals surface area contributed by atoms with Crippen molar-refractivity contribution in [2.24, 2.45) is 0 Å². The zero-order chi connectivity index (χ0) is 39.8. The van der Waals surface area contributed by atoms with E-state index in [1.165, 1.54) is 141 Å². The predicted molar refractivity (Wildman–Crippen MR) is 231 cm³/mol. The highest BCUT2D eigenvalue weighted by atomic mass is 16.6. The van der Waals surface area contributed by atoms with E-state index in [0.29, 0.717) is 44.3 Å². The number of nitrogens with zero attached hydrogens (tertiary/aromatic N) is 1. The molecule has 318 valence electrons. The second-order valence-electron chi connectivity index (χ2n) is 17.4. The molecular weight excluding hydrogens is 685 g/mol. The molecule has 7 heteroatoms. The average Bonchev–Trinajstić information content (AvgIpc) is 3.17. The van der Waals surface area contributed by atoms with Crippen LogP contribution in [0.1, 0.15) is 223 Å². The van der Waals surface area contributed by atoms with Crippen molar-refractivity contribution in [1.82, 2.24) is 10.2 Å². The Labute approximate surface area is 339 Å². The van der Waals surface area contributed by atoms with Gasteiger partial charge in [0.05, 0.1) is 12.7 Å². The van der Waals surface area contributed by atoms with Gasteiger partial charge in [0, 0.05) is 38.4 Å². The maximum Gasteiger partial charge on any atom is 0.410 e. The molecule has 0 spiro atoms.